The van der Waals surface area contributed by atoms with Crippen molar-refractivity contribution < 1.29 is 4.79 Å². The van der Waals surface area contributed by atoms with Crippen molar-refractivity contribution in [3.8, 4) is 6.07 Å². The van der Waals surface area contributed by atoms with Crippen molar-refractivity contribution in [1.82, 2.24) is 5.32 Å². The van der Waals surface area contributed by atoms with Crippen LogP contribution in [0.2, 0.25) is 0 Å². The molecule has 0 atom stereocenters. The van der Waals surface area contributed by atoms with Gasteiger partial charge in [0.05, 0.1) is 0 Å². The fourth-order valence-corrected chi connectivity index (χ4v) is 2.78. The van der Waals surface area contributed by atoms with Gasteiger partial charge in [-0.05, 0) is 61.9 Å². The molecule has 3 heteroatoms. The Kier molecular flexibility index (Phi) is 4.80. The van der Waals surface area contributed by atoms with Crippen molar-refractivity contribution in [2.45, 2.75) is 52.5 Å². The summed E-state index contributed by atoms with van der Waals surface area (Å²) in [6.07, 6.45) is 6.06. The van der Waals surface area contributed by atoms with Crippen LogP contribution in [0, 0.1) is 32.1 Å². The predicted octanol–water partition coefficient (Wildman–Crippen LogP) is 3.58. The number of rotatable bonds is 3. The Bertz CT molecular complexity index is 617. The molecule has 1 aromatic carbocycles. The largest absolute Gasteiger partial charge is 0.349 e. The van der Waals surface area contributed by atoms with Crippen molar-refractivity contribution in [2.75, 3.05) is 0 Å². The van der Waals surface area contributed by atoms with Gasteiger partial charge in [-0.1, -0.05) is 25.0 Å². The predicted molar refractivity (Wildman–Crippen MR) is 84.6 cm³/mol. The van der Waals surface area contributed by atoms with E-state index in [0.29, 0.717) is 0 Å². The van der Waals surface area contributed by atoms with Crippen LogP contribution in [0.5, 0.6) is 0 Å². The number of carbonyl (C=O) groups excluding carboxylic acids is 1. The number of aryl methyl sites for hydroxylation is 3. The maximum absolute atomic E-state index is 12.2. The Morgan fingerprint density at radius 2 is 1.81 bits per heavy atom. The average Bonchev–Trinajstić information content (AvgIpc) is 2.94. The molecule has 0 aromatic heterocycles. The second kappa shape index (κ2) is 6.58. The number of hydrogen-bond donors (Lipinski definition) is 1. The summed E-state index contributed by atoms with van der Waals surface area (Å²) in [4.78, 5) is 12.2. The molecule has 21 heavy (non-hydrogen) atoms. The molecular weight excluding hydrogens is 260 g/mol. The van der Waals surface area contributed by atoms with E-state index in [1.807, 2.05) is 26.0 Å². The van der Waals surface area contributed by atoms with Crippen molar-refractivity contribution in [3.05, 3.63) is 40.0 Å². The molecule has 0 spiro atoms. The third-order valence-electron chi connectivity index (χ3n) is 4.24. The second-order valence-electron chi connectivity index (χ2n) is 5.92. The van der Waals surface area contributed by atoms with E-state index >= 15 is 0 Å². The Balaban J connectivity index is 2.22. The highest BCUT2D eigenvalue weighted by Crippen LogP contribution is 2.20. The topological polar surface area (TPSA) is 52.9 Å². The Morgan fingerprint density at radius 1 is 1.19 bits per heavy atom. The SMILES string of the molecule is Cc1cc(C)c(/C=C(\C#N)C(=O)NC2CCCC2)cc1C. The quantitative estimate of drug-likeness (QED) is 0.680. The van der Waals surface area contributed by atoms with E-state index in [-0.39, 0.29) is 17.5 Å². The van der Waals surface area contributed by atoms with Gasteiger partial charge in [-0.15, -0.1) is 0 Å². The van der Waals surface area contributed by atoms with Crippen molar-refractivity contribution in [1.29, 1.82) is 5.26 Å². The van der Waals surface area contributed by atoms with Crippen LogP contribution >= 0.6 is 0 Å². The number of amides is 1. The summed E-state index contributed by atoms with van der Waals surface area (Å²) < 4.78 is 0. The molecule has 1 aromatic rings. The summed E-state index contributed by atoms with van der Waals surface area (Å²) in [6.45, 7) is 6.10. The first-order chi connectivity index (χ1) is 10.0. The van der Waals surface area contributed by atoms with Crippen LogP contribution in [0.15, 0.2) is 17.7 Å². The number of nitrogens with one attached hydrogen (secondary N) is 1. The van der Waals surface area contributed by atoms with Gasteiger partial charge >= 0.3 is 0 Å². The van der Waals surface area contributed by atoms with E-state index in [1.165, 1.54) is 11.1 Å². The lowest BCUT2D eigenvalue weighted by atomic mass is 9.99. The number of nitriles is 1. The Labute approximate surface area is 126 Å². The molecule has 0 aliphatic heterocycles. The first-order valence-electron chi connectivity index (χ1n) is 7.51. The molecule has 1 aliphatic rings. The van der Waals surface area contributed by atoms with Gasteiger partial charge < -0.3 is 5.32 Å². The maximum atomic E-state index is 12.2. The Hall–Kier alpha value is -2.08. The van der Waals surface area contributed by atoms with Gasteiger partial charge in [-0.2, -0.15) is 5.26 Å². The second-order valence-corrected chi connectivity index (χ2v) is 5.92. The van der Waals surface area contributed by atoms with Crippen LogP contribution in [-0.2, 0) is 4.79 Å². The normalized spacial score (nSPS) is 15.8. The average molecular weight is 282 g/mol. The zero-order chi connectivity index (χ0) is 15.4. The lowest BCUT2D eigenvalue weighted by molar-refractivity contribution is -0.117. The van der Waals surface area contributed by atoms with Crippen molar-refractivity contribution >= 4 is 12.0 Å². The molecule has 0 bridgehead atoms. The van der Waals surface area contributed by atoms with E-state index in [0.717, 1.165) is 36.8 Å². The molecule has 110 valence electrons. The fraction of sp³-hybridized carbons (Fsp3) is 0.444. The molecule has 1 aliphatic carbocycles. The van der Waals surface area contributed by atoms with E-state index in [9.17, 15) is 10.1 Å². The third kappa shape index (κ3) is 3.72. The van der Waals surface area contributed by atoms with E-state index in [4.69, 9.17) is 0 Å². The number of nitrogens with zero attached hydrogens (tertiary/aromatic N) is 1. The van der Waals surface area contributed by atoms with Gasteiger partial charge in [0.25, 0.3) is 5.91 Å². The van der Waals surface area contributed by atoms with Gasteiger partial charge in [-0.3, -0.25) is 4.79 Å². The fourth-order valence-electron chi connectivity index (χ4n) is 2.78. The third-order valence-corrected chi connectivity index (χ3v) is 4.24. The van der Waals surface area contributed by atoms with Gasteiger partial charge in [-0.25, -0.2) is 0 Å². The minimum Gasteiger partial charge on any atom is -0.349 e. The molecule has 1 N–H and O–H groups in total. The molecule has 1 fully saturated rings. The van der Waals surface area contributed by atoms with E-state index in [2.05, 4.69) is 18.3 Å². The summed E-state index contributed by atoms with van der Waals surface area (Å²) >= 11 is 0. The molecule has 0 heterocycles. The first kappa shape index (κ1) is 15.3. The highest BCUT2D eigenvalue weighted by molar-refractivity contribution is 6.02. The minimum atomic E-state index is -0.248. The summed E-state index contributed by atoms with van der Waals surface area (Å²) in [6, 6.07) is 6.39. The summed E-state index contributed by atoms with van der Waals surface area (Å²) in [7, 11) is 0. The number of carbonyl (C=O) groups is 1. The molecule has 0 unspecified atom stereocenters. The molecule has 1 saturated carbocycles. The first-order valence-corrected chi connectivity index (χ1v) is 7.51. The van der Waals surface area contributed by atoms with Gasteiger partial charge in [0.2, 0.25) is 0 Å². The summed E-state index contributed by atoms with van der Waals surface area (Å²) in [5.74, 6) is -0.248. The van der Waals surface area contributed by atoms with Crippen LogP contribution in [0.4, 0.5) is 0 Å². The molecule has 0 radical (unpaired) electrons. The lowest BCUT2D eigenvalue weighted by Gasteiger charge is -2.11. The maximum Gasteiger partial charge on any atom is 0.262 e. The highest BCUT2D eigenvalue weighted by atomic mass is 16.1. The van der Waals surface area contributed by atoms with Crippen LogP contribution in [-0.4, -0.2) is 11.9 Å². The standard InChI is InChI=1S/C18H22N2O/c1-12-8-14(3)15(9-13(12)2)10-16(11-19)18(21)20-17-6-4-5-7-17/h8-10,17H,4-7H2,1-3H3,(H,20,21)/b16-10+. The Morgan fingerprint density at radius 3 is 2.43 bits per heavy atom. The molecule has 0 saturated heterocycles. The van der Waals surface area contributed by atoms with Crippen LogP contribution < -0.4 is 5.32 Å². The smallest absolute Gasteiger partial charge is 0.262 e. The zero-order valence-corrected chi connectivity index (χ0v) is 13.0. The van der Waals surface area contributed by atoms with Crippen LogP contribution in [0.25, 0.3) is 6.08 Å². The lowest BCUT2D eigenvalue weighted by Crippen LogP contribution is -2.33. The van der Waals surface area contributed by atoms with E-state index in [1.54, 1.807) is 6.08 Å². The summed E-state index contributed by atoms with van der Waals surface area (Å²) in [5.41, 5.74) is 4.60. The van der Waals surface area contributed by atoms with E-state index < -0.39 is 0 Å². The molecule has 3 nitrogen and oxygen atoms in total. The molecular formula is C18H22N2O. The monoisotopic (exact) mass is 282 g/mol. The number of hydrogen-bond acceptors (Lipinski definition) is 2. The van der Waals surface area contributed by atoms with Gasteiger partial charge in [0.1, 0.15) is 11.6 Å². The summed E-state index contributed by atoms with van der Waals surface area (Å²) in [5, 5.41) is 12.2. The van der Waals surface area contributed by atoms with Gasteiger partial charge in [0, 0.05) is 6.04 Å². The molecule has 2 rings (SSSR count). The van der Waals surface area contributed by atoms with Crippen molar-refractivity contribution in [2.24, 2.45) is 0 Å². The van der Waals surface area contributed by atoms with Crippen LogP contribution in [0.3, 0.4) is 0 Å². The molecule has 1 amide bonds. The van der Waals surface area contributed by atoms with Crippen molar-refractivity contribution in [3.63, 3.8) is 0 Å². The zero-order valence-electron chi connectivity index (χ0n) is 13.0. The minimum absolute atomic E-state index is 0.188. The number of benzene rings is 1. The van der Waals surface area contributed by atoms with Gasteiger partial charge in [0.15, 0.2) is 0 Å². The van der Waals surface area contributed by atoms with Crippen LogP contribution in [0.1, 0.15) is 47.9 Å². The highest BCUT2D eigenvalue weighted by Gasteiger charge is 2.19.